The summed E-state index contributed by atoms with van der Waals surface area (Å²) in [4.78, 5) is 2.63. The Kier molecular flexibility index (Phi) is 4.94. The highest BCUT2D eigenvalue weighted by Gasteiger charge is 2.46. The van der Waals surface area contributed by atoms with Crippen LogP contribution in [0, 0.1) is 23.2 Å². The molecule has 2 heteroatoms. The molecule has 112 valence electrons. The molecule has 5 atom stereocenters. The summed E-state index contributed by atoms with van der Waals surface area (Å²) in [5.74, 6) is 2.88. The molecule has 1 aliphatic carbocycles. The SMILES string of the molecule is CCC1CN(C(C)NC)CCC1CCC1(C)CC1C. The van der Waals surface area contributed by atoms with Gasteiger partial charge in [-0.15, -0.1) is 0 Å². The van der Waals surface area contributed by atoms with E-state index in [9.17, 15) is 0 Å². The Labute approximate surface area is 120 Å². The molecule has 1 heterocycles. The van der Waals surface area contributed by atoms with Crippen molar-refractivity contribution < 1.29 is 0 Å². The Hall–Kier alpha value is -0.0800. The minimum absolute atomic E-state index is 0.538. The van der Waals surface area contributed by atoms with Crippen molar-refractivity contribution in [1.29, 1.82) is 0 Å². The first-order valence-corrected chi connectivity index (χ1v) is 8.41. The van der Waals surface area contributed by atoms with Crippen LogP contribution in [0.25, 0.3) is 0 Å². The average Bonchev–Trinajstić information content (AvgIpc) is 3.03. The van der Waals surface area contributed by atoms with Crippen molar-refractivity contribution >= 4 is 0 Å². The summed E-state index contributed by atoms with van der Waals surface area (Å²) in [7, 11) is 2.08. The minimum Gasteiger partial charge on any atom is -0.305 e. The molecule has 0 radical (unpaired) electrons. The Balaban J connectivity index is 1.82. The lowest BCUT2D eigenvalue weighted by molar-refractivity contribution is 0.0677. The standard InChI is InChI=1S/C17H34N2/c1-6-15-12-19(14(3)18-5)10-8-16(15)7-9-17(4)11-13(17)2/h13-16,18H,6-12H2,1-5H3. The first kappa shape index (κ1) is 15.3. The van der Waals surface area contributed by atoms with Crippen LogP contribution in [0.2, 0.25) is 0 Å². The van der Waals surface area contributed by atoms with Gasteiger partial charge < -0.3 is 5.32 Å². The quantitative estimate of drug-likeness (QED) is 0.788. The van der Waals surface area contributed by atoms with Gasteiger partial charge in [-0.25, -0.2) is 0 Å². The van der Waals surface area contributed by atoms with E-state index < -0.39 is 0 Å². The van der Waals surface area contributed by atoms with E-state index in [1.54, 1.807) is 0 Å². The monoisotopic (exact) mass is 266 g/mol. The average molecular weight is 266 g/mol. The van der Waals surface area contributed by atoms with Gasteiger partial charge in [0, 0.05) is 6.54 Å². The van der Waals surface area contributed by atoms with Gasteiger partial charge in [0.25, 0.3) is 0 Å². The zero-order valence-electron chi connectivity index (χ0n) is 13.7. The number of piperidine rings is 1. The number of hydrogen-bond acceptors (Lipinski definition) is 2. The summed E-state index contributed by atoms with van der Waals surface area (Å²) < 4.78 is 0. The van der Waals surface area contributed by atoms with Crippen LogP contribution in [0.3, 0.4) is 0 Å². The Morgan fingerprint density at radius 1 is 1.37 bits per heavy atom. The van der Waals surface area contributed by atoms with Crippen molar-refractivity contribution in [1.82, 2.24) is 10.2 Å². The molecule has 0 aromatic carbocycles. The Bertz CT molecular complexity index is 291. The van der Waals surface area contributed by atoms with Gasteiger partial charge in [0.2, 0.25) is 0 Å². The van der Waals surface area contributed by atoms with Gasteiger partial charge in [-0.2, -0.15) is 0 Å². The third-order valence-electron chi connectivity index (χ3n) is 6.30. The predicted molar refractivity (Wildman–Crippen MR) is 83.1 cm³/mol. The van der Waals surface area contributed by atoms with Gasteiger partial charge in [-0.05, 0) is 69.4 Å². The van der Waals surface area contributed by atoms with Crippen LogP contribution in [0.1, 0.15) is 59.8 Å². The molecule has 2 fully saturated rings. The van der Waals surface area contributed by atoms with Gasteiger partial charge in [-0.3, -0.25) is 4.90 Å². The van der Waals surface area contributed by atoms with Gasteiger partial charge in [0.15, 0.2) is 0 Å². The number of rotatable bonds is 6. The zero-order chi connectivity index (χ0) is 14.0. The highest BCUT2D eigenvalue weighted by molar-refractivity contribution is 4.96. The molecule has 0 aromatic rings. The summed E-state index contributed by atoms with van der Waals surface area (Å²) in [6.07, 6.45) is 7.71. The van der Waals surface area contributed by atoms with Gasteiger partial charge in [-0.1, -0.05) is 27.2 Å². The van der Waals surface area contributed by atoms with Crippen molar-refractivity contribution in [2.24, 2.45) is 23.2 Å². The Morgan fingerprint density at radius 2 is 2.05 bits per heavy atom. The van der Waals surface area contributed by atoms with Crippen molar-refractivity contribution in [3.63, 3.8) is 0 Å². The normalized spacial score (nSPS) is 41.2. The second-order valence-electron chi connectivity index (χ2n) is 7.47. The third kappa shape index (κ3) is 3.52. The summed E-state index contributed by atoms with van der Waals surface area (Å²) in [6, 6.07) is 0. The second-order valence-corrected chi connectivity index (χ2v) is 7.47. The molecule has 1 saturated heterocycles. The lowest BCUT2D eigenvalue weighted by Gasteiger charge is -2.41. The van der Waals surface area contributed by atoms with E-state index in [1.165, 1.54) is 45.2 Å². The fraction of sp³-hybridized carbons (Fsp3) is 1.00. The predicted octanol–water partition coefficient (Wildman–Crippen LogP) is 3.73. The molecule has 1 N–H and O–H groups in total. The van der Waals surface area contributed by atoms with Crippen LogP contribution in [0.4, 0.5) is 0 Å². The van der Waals surface area contributed by atoms with E-state index in [1.807, 2.05) is 0 Å². The van der Waals surface area contributed by atoms with Crippen LogP contribution in [0.15, 0.2) is 0 Å². The molecule has 0 spiro atoms. The van der Waals surface area contributed by atoms with Crippen LogP contribution >= 0.6 is 0 Å². The molecule has 5 unspecified atom stereocenters. The maximum absolute atomic E-state index is 3.39. The second kappa shape index (κ2) is 6.13. The molecule has 19 heavy (non-hydrogen) atoms. The number of likely N-dealkylation sites (tertiary alicyclic amines) is 1. The molecule has 2 rings (SSSR count). The molecule has 1 saturated carbocycles. The molecule has 0 aromatic heterocycles. The van der Waals surface area contributed by atoms with Crippen LogP contribution in [0.5, 0.6) is 0 Å². The van der Waals surface area contributed by atoms with Crippen LogP contribution in [-0.2, 0) is 0 Å². The Morgan fingerprint density at radius 3 is 2.58 bits per heavy atom. The van der Waals surface area contributed by atoms with Gasteiger partial charge in [0.1, 0.15) is 0 Å². The molecule has 2 nitrogen and oxygen atoms in total. The molecule has 1 aliphatic heterocycles. The van der Waals surface area contributed by atoms with E-state index in [4.69, 9.17) is 0 Å². The molecule has 0 bridgehead atoms. The van der Waals surface area contributed by atoms with Crippen molar-refractivity contribution in [3.8, 4) is 0 Å². The molecular formula is C17H34N2. The summed E-state index contributed by atoms with van der Waals surface area (Å²) in [6.45, 7) is 12.2. The van der Waals surface area contributed by atoms with Crippen molar-refractivity contribution in [2.45, 2.75) is 66.0 Å². The van der Waals surface area contributed by atoms with E-state index >= 15 is 0 Å². The van der Waals surface area contributed by atoms with E-state index in [2.05, 4.69) is 45.0 Å². The first-order chi connectivity index (χ1) is 9.00. The lowest BCUT2D eigenvalue weighted by atomic mass is 9.78. The number of nitrogens with zero attached hydrogens (tertiary/aromatic N) is 1. The summed E-state index contributed by atoms with van der Waals surface area (Å²) in [5.41, 5.74) is 0.702. The number of nitrogens with one attached hydrogen (secondary N) is 1. The molecular weight excluding hydrogens is 232 g/mol. The highest BCUT2D eigenvalue weighted by atomic mass is 15.3. The fourth-order valence-electron chi connectivity index (χ4n) is 3.99. The molecule has 0 amide bonds. The summed E-state index contributed by atoms with van der Waals surface area (Å²) >= 11 is 0. The topological polar surface area (TPSA) is 15.3 Å². The minimum atomic E-state index is 0.538. The van der Waals surface area contributed by atoms with E-state index in [0.717, 1.165) is 17.8 Å². The van der Waals surface area contributed by atoms with E-state index in [0.29, 0.717) is 11.6 Å². The number of hydrogen-bond donors (Lipinski definition) is 1. The first-order valence-electron chi connectivity index (χ1n) is 8.41. The maximum atomic E-state index is 3.39. The zero-order valence-corrected chi connectivity index (χ0v) is 13.7. The maximum Gasteiger partial charge on any atom is 0.0565 e. The van der Waals surface area contributed by atoms with Gasteiger partial charge in [0.05, 0.1) is 6.17 Å². The molecule has 2 aliphatic rings. The summed E-state index contributed by atoms with van der Waals surface area (Å²) in [5, 5.41) is 3.39. The fourth-order valence-corrected chi connectivity index (χ4v) is 3.99. The largest absolute Gasteiger partial charge is 0.305 e. The highest BCUT2D eigenvalue weighted by Crippen LogP contribution is 2.56. The third-order valence-corrected chi connectivity index (χ3v) is 6.30. The van der Waals surface area contributed by atoms with E-state index in [-0.39, 0.29) is 0 Å². The smallest absolute Gasteiger partial charge is 0.0565 e. The van der Waals surface area contributed by atoms with Crippen LogP contribution in [-0.4, -0.2) is 31.2 Å². The van der Waals surface area contributed by atoms with Crippen LogP contribution < -0.4 is 5.32 Å². The lowest BCUT2D eigenvalue weighted by Crippen LogP contribution is -2.49. The van der Waals surface area contributed by atoms with Crippen molar-refractivity contribution in [2.75, 3.05) is 20.1 Å². The van der Waals surface area contributed by atoms with Gasteiger partial charge >= 0.3 is 0 Å². The van der Waals surface area contributed by atoms with Crippen molar-refractivity contribution in [3.05, 3.63) is 0 Å².